The summed E-state index contributed by atoms with van der Waals surface area (Å²) in [6, 6.07) is 11.2. The minimum absolute atomic E-state index is 0.985. The number of hydrogen-bond acceptors (Lipinski definition) is 1. The summed E-state index contributed by atoms with van der Waals surface area (Å²) in [6.45, 7) is 8.68. The van der Waals surface area contributed by atoms with Crippen LogP contribution in [0.3, 0.4) is 0 Å². The molecular weight excluding hydrogens is 292 g/mol. The minimum Gasteiger partial charge on any atom is -0.233 e. The highest BCUT2D eigenvalue weighted by Gasteiger charge is 2.29. The molecule has 1 aliphatic carbocycles. The van der Waals surface area contributed by atoms with Crippen LogP contribution in [0.5, 0.6) is 0 Å². The summed E-state index contributed by atoms with van der Waals surface area (Å²) < 4.78 is 2.18. The van der Waals surface area contributed by atoms with Gasteiger partial charge in [0.15, 0.2) is 5.69 Å². The van der Waals surface area contributed by atoms with Crippen LogP contribution in [0.2, 0.25) is 0 Å². The SMILES string of the molecule is Cc1ccc2c(c1)Cc1c[n+](C)c(-c3cc(C)cc(C)c3C)nc1-2. The Morgan fingerprint density at radius 2 is 1.67 bits per heavy atom. The first-order chi connectivity index (χ1) is 11.4. The molecule has 0 amide bonds. The van der Waals surface area contributed by atoms with Crippen molar-refractivity contribution in [2.75, 3.05) is 0 Å². The van der Waals surface area contributed by atoms with Gasteiger partial charge in [-0.1, -0.05) is 23.8 Å². The molecule has 4 rings (SSSR count). The van der Waals surface area contributed by atoms with Crippen molar-refractivity contribution in [3.8, 4) is 22.6 Å². The van der Waals surface area contributed by atoms with E-state index < -0.39 is 0 Å². The number of aryl methyl sites for hydroxylation is 4. The first-order valence-electron chi connectivity index (χ1n) is 8.51. The molecule has 3 aromatic rings. The molecule has 1 aliphatic rings. The Kier molecular flexibility index (Phi) is 3.31. The van der Waals surface area contributed by atoms with Gasteiger partial charge in [-0.2, -0.15) is 0 Å². The second-order valence-electron chi connectivity index (χ2n) is 7.14. The summed E-state index contributed by atoms with van der Waals surface area (Å²) >= 11 is 0. The molecule has 0 N–H and O–H groups in total. The lowest BCUT2D eigenvalue weighted by Crippen LogP contribution is -2.33. The van der Waals surface area contributed by atoms with Gasteiger partial charge >= 0.3 is 5.82 Å². The second kappa shape index (κ2) is 5.27. The van der Waals surface area contributed by atoms with Gasteiger partial charge in [-0.05, 0) is 67.1 Å². The first kappa shape index (κ1) is 15.1. The average Bonchev–Trinajstić information content (AvgIpc) is 2.86. The average molecular weight is 315 g/mol. The van der Waals surface area contributed by atoms with Crippen molar-refractivity contribution in [2.24, 2.45) is 7.05 Å². The van der Waals surface area contributed by atoms with Crippen LogP contribution in [0.4, 0.5) is 0 Å². The summed E-state index contributed by atoms with van der Waals surface area (Å²) in [4.78, 5) is 5.10. The van der Waals surface area contributed by atoms with Crippen LogP contribution in [0.15, 0.2) is 36.5 Å². The molecule has 120 valence electrons. The predicted molar refractivity (Wildman–Crippen MR) is 98.0 cm³/mol. The van der Waals surface area contributed by atoms with Crippen LogP contribution in [0.1, 0.15) is 33.4 Å². The molecule has 0 unspecified atom stereocenters. The number of fused-ring (bicyclic) bond motifs is 3. The van der Waals surface area contributed by atoms with E-state index in [2.05, 4.69) is 75.8 Å². The van der Waals surface area contributed by atoms with Crippen LogP contribution in [-0.4, -0.2) is 4.98 Å². The second-order valence-corrected chi connectivity index (χ2v) is 7.14. The zero-order valence-electron chi connectivity index (χ0n) is 15.1. The smallest absolute Gasteiger partial charge is 0.233 e. The topological polar surface area (TPSA) is 16.8 Å². The molecule has 0 fully saturated rings. The molecular formula is C22H23N2+. The summed E-state index contributed by atoms with van der Waals surface area (Å²) in [5.41, 5.74) is 11.6. The fourth-order valence-corrected chi connectivity index (χ4v) is 3.80. The summed E-state index contributed by atoms with van der Waals surface area (Å²) in [5.74, 6) is 1.05. The van der Waals surface area contributed by atoms with Gasteiger partial charge in [-0.15, -0.1) is 0 Å². The number of aromatic nitrogens is 2. The standard InChI is InChI=1S/C22H23N2/c1-13-6-7-19-17(9-13)11-18-12-24(5)22(23-21(18)19)20-10-14(2)8-15(3)16(20)4/h6-10,12H,11H2,1-5H3/q+1. The molecule has 0 bridgehead atoms. The molecule has 1 heterocycles. The fourth-order valence-electron chi connectivity index (χ4n) is 3.80. The van der Waals surface area contributed by atoms with Crippen molar-refractivity contribution in [3.63, 3.8) is 0 Å². The maximum atomic E-state index is 5.10. The highest BCUT2D eigenvalue weighted by molar-refractivity contribution is 5.75. The van der Waals surface area contributed by atoms with Crippen molar-refractivity contribution >= 4 is 0 Å². The Morgan fingerprint density at radius 3 is 2.46 bits per heavy atom. The Balaban J connectivity index is 1.95. The lowest BCUT2D eigenvalue weighted by atomic mass is 9.99. The molecule has 24 heavy (non-hydrogen) atoms. The van der Waals surface area contributed by atoms with E-state index in [-0.39, 0.29) is 0 Å². The van der Waals surface area contributed by atoms with Crippen LogP contribution in [-0.2, 0) is 13.5 Å². The molecule has 0 aliphatic heterocycles. The lowest BCUT2D eigenvalue weighted by Gasteiger charge is -2.09. The summed E-state index contributed by atoms with van der Waals surface area (Å²) in [7, 11) is 2.11. The Morgan fingerprint density at radius 1 is 0.875 bits per heavy atom. The maximum Gasteiger partial charge on any atom is 0.331 e. The highest BCUT2D eigenvalue weighted by Crippen LogP contribution is 2.36. The Hall–Kier alpha value is -2.48. The van der Waals surface area contributed by atoms with Gasteiger partial charge < -0.3 is 0 Å². The monoisotopic (exact) mass is 315 g/mol. The molecule has 0 saturated carbocycles. The molecule has 0 saturated heterocycles. The quantitative estimate of drug-likeness (QED) is 0.476. The van der Waals surface area contributed by atoms with Crippen LogP contribution >= 0.6 is 0 Å². The van der Waals surface area contributed by atoms with E-state index in [9.17, 15) is 0 Å². The summed E-state index contributed by atoms with van der Waals surface area (Å²) in [5, 5.41) is 0. The normalized spacial score (nSPS) is 12.2. The third kappa shape index (κ3) is 2.25. The van der Waals surface area contributed by atoms with E-state index in [1.165, 1.54) is 44.5 Å². The van der Waals surface area contributed by atoms with Crippen molar-refractivity contribution in [1.29, 1.82) is 0 Å². The van der Waals surface area contributed by atoms with Gasteiger partial charge in [0, 0.05) is 17.5 Å². The van der Waals surface area contributed by atoms with Crippen molar-refractivity contribution < 1.29 is 4.57 Å². The molecule has 2 heteroatoms. The molecule has 1 aromatic heterocycles. The van der Waals surface area contributed by atoms with Crippen molar-refractivity contribution in [3.05, 3.63) is 69.9 Å². The predicted octanol–water partition coefficient (Wildman–Crippen LogP) is 4.38. The molecule has 0 radical (unpaired) electrons. The molecule has 2 nitrogen and oxygen atoms in total. The number of benzene rings is 2. The minimum atomic E-state index is 0.985. The van der Waals surface area contributed by atoms with E-state index in [4.69, 9.17) is 4.98 Å². The van der Waals surface area contributed by atoms with Crippen LogP contribution in [0, 0.1) is 27.7 Å². The molecule has 2 aromatic carbocycles. The molecule has 0 spiro atoms. The Labute approximate surface area is 143 Å². The largest absolute Gasteiger partial charge is 0.331 e. The lowest BCUT2D eigenvalue weighted by molar-refractivity contribution is -0.663. The van der Waals surface area contributed by atoms with E-state index in [1.54, 1.807) is 0 Å². The van der Waals surface area contributed by atoms with Crippen molar-refractivity contribution in [2.45, 2.75) is 34.1 Å². The number of nitrogens with zero attached hydrogens (tertiary/aromatic N) is 2. The Bertz CT molecular complexity index is 984. The van der Waals surface area contributed by atoms with E-state index in [0.29, 0.717) is 0 Å². The molecule has 0 atom stereocenters. The van der Waals surface area contributed by atoms with Gasteiger partial charge in [0.05, 0.1) is 18.8 Å². The first-order valence-corrected chi connectivity index (χ1v) is 8.51. The zero-order chi connectivity index (χ0) is 17.0. The third-order valence-electron chi connectivity index (χ3n) is 5.15. The van der Waals surface area contributed by atoms with Crippen molar-refractivity contribution in [1.82, 2.24) is 4.98 Å². The van der Waals surface area contributed by atoms with E-state index in [1.807, 2.05) is 0 Å². The van der Waals surface area contributed by atoms with Crippen LogP contribution < -0.4 is 4.57 Å². The fraction of sp³-hybridized carbons (Fsp3) is 0.273. The van der Waals surface area contributed by atoms with Gasteiger partial charge in [-0.3, -0.25) is 0 Å². The summed E-state index contributed by atoms with van der Waals surface area (Å²) in [6.07, 6.45) is 3.24. The zero-order valence-corrected chi connectivity index (χ0v) is 15.1. The maximum absolute atomic E-state index is 5.10. The van der Waals surface area contributed by atoms with Gasteiger partial charge in [0.2, 0.25) is 0 Å². The van der Waals surface area contributed by atoms with E-state index in [0.717, 1.165) is 17.9 Å². The van der Waals surface area contributed by atoms with Gasteiger partial charge in [0.25, 0.3) is 0 Å². The van der Waals surface area contributed by atoms with Gasteiger partial charge in [0.1, 0.15) is 0 Å². The van der Waals surface area contributed by atoms with E-state index >= 15 is 0 Å². The van der Waals surface area contributed by atoms with Gasteiger partial charge in [-0.25, -0.2) is 4.57 Å². The third-order valence-corrected chi connectivity index (χ3v) is 5.15. The number of hydrogen-bond donors (Lipinski definition) is 0. The van der Waals surface area contributed by atoms with Crippen LogP contribution in [0.25, 0.3) is 22.6 Å². The highest BCUT2D eigenvalue weighted by atomic mass is 15.0. The number of rotatable bonds is 1.